The van der Waals surface area contributed by atoms with Crippen molar-refractivity contribution >= 4 is 6.03 Å². The van der Waals surface area contributed by atoms with Crippen LogP contribution < -0.4 is 15.4 Å². The number of hydrogen-bond acceptors (Lipinski definition) is 3. The van der Waals surface area contributed by atoms with Gasteiger partial charge in [-0.05, 0) is 25.0 Å². The molecule has 100 valence electrons. The molecular weight excluding hydrogens is 230 g/mol. The Hall–Kier alpha value is -1.78. The van der Waals surface area contributed by atoms with Crippen molar-refractivity contribution in [2.75, 3.05) is 13.2 Å². The van der Waals surface area contributed by atoms with Gasteiger partial charge in [-0.2, -0.15) is 0 Å². The molecule has 1 heterocycles. The Balaban J connectivity index is 2.33. The molecule has 0 aromatic carbocycles. The number of urea groups is 1. The van der Waals surface area contributed by atoms with E-state index in [1.54, 1.807) is 6.20 Å². The van der Waals surface area contributed by atoms with Crippen LogP contribution >= 0.6 is 0 Å². The molecule has 2 N–H and O–H groups in total. The van der Waals surface area contributed by atoms with Crippen LogP contribution in [0, 0.1) is 0 Å². The first-order chi connectivity index (χ1) is 8.76. The van der Waals surface area contributed by atoms with Crippen molar-refractivity contribution in [2.24, 2.45) is 0 Å². The maximum absolute atomic E-state index is 11.4. The second-order valence-electron chi connectivity index (χ2n) is 3.90. The van der Waals surface area contributed by atoms with Gasteiger partial charge in [-0.25, -0.2) is 9.78 Å². The number of amides is 2. The average molecular weight is 251 g/mol. The summed E-state index contributed by atoms with van der Waals surface area (Å²) in [5.41, 5.74) is 0.971. The van der Waals surface area contributed by atoms with Crippen LogP contribution in [0.4, 0.5) is 4.79 Å². The van der Waals surface area contributed by atoms with Crippen molar-refractivity contribution in [1.29, 1.82) is 0 Å². The molecule has 0 saturated carbocycles. The van der Waals surface area contributed by atoms with E-state index in [-0.39, 0.29) is 6.03 Å². The van der Waals surface area contributed by atoms with Crippen molar-refractivity contribution in [1.82, 2.24) is 15.6 Å². The van der Waals surface area contributed by atoms with Crippen molar-refractivity contribution in [2.45, 2.75) is 33.2 Å². The van der Waals surface area contributed by atoms with Crippen LogP contribution in [0.25, 0.3) is 0 Å². The zero-order chi connectivity index (χ0) is 13.2. The molecule has 0 spiro atoms. The molecule has 5 nitrogen and oxygen atoms in total. The topological polar surface area (TPSA) is 63.2 Å². The molecule has 0 atom stereocenters. The number of aromatic nitrogens is 1. The summed E-state index contributed by atoms with van der Waals surface area (Å²) in [6, 6.07) is 3.54. The average Bonchev–Trinajstić information content (AvgIpc) is 2.38. The summed E-state index contributed by atoms with van der Waals surface area (Å²) >= 11 is 0. The molecule has 0 saturated heterocycles. The number of nitrogens with zero attached hydrogens (tertiary/aromatic N) is 1. The summed E-state index contributed by atoms with van der Waals surface area (Å²) in [5.74, 6) is 0.586. The van der Waals surface area contributed by atoms with E-state index in [0.717, 1.165) is 18.4 Å². The zero-order valence-corrected chi connectivity index (χ0v) is 11.0. The zero-order valence-electron chi connectivity index (χ0n) is 11.0. The first kappa shape index (κ1) is 14.3. The van der Waals surface area contributed by atoms with Crippen LogP contribution in [-0.2, 0) is 6.54 Å². The number of carbonyl (C=O) groups excluding carboxylic acids is 1. The van der Waals surface area contributed by atoms with Gasteiger partial charge < -0.3 is 15.4 Å². The highest BCUT2D eigenvalue weighted by molar-refractivity contribution is 5.73. The third kappa shape index (κ3) is 5.52. The van der Waals surface area contributed by atoms with Crippen LogP contribution in [0.2, 0.25) is 0 Å². The molecule has 0 aliphatic heterocycles. The van der Waals surface area contributed by atoms with E-state index in [0.29, 0.717) is 25.6 Å². The molecule has 1 aromatic heterocycles. The molecule has 2 amide bonds. The lowest BCUT2D eigenvalue weighted by Crippen LogP contribution is -2.35. The van der Waals surface area contributed by atoms with Crippen molar-refractivity contribution in [3.8, 4) is 5.88 Å². The third-order valence-electron chi connectivity index (χ3n) is 2.36. The Morgan fingerprint density at radius 2 is 2.22 bits per heavy atom. The molecule has 0 bridgehead atoms. The Morgan fingerprint density at radius 1 is 1.39 bits per heavy atom. The SMILES string of the molecule is CCCCNC(=O)NCc1ccnc(OCC)c1. The number of hydrogen-bond donors (Lipinski definition) is 2. The smallest absolute Gasteiger partial charge is 0.315 e. The van der Waals surface area contributed by atoms with E-state index < -0.39 is 0 Å². The fourth-order valence-corrected chi connectivity index (χ4v) is 1.41. The molecule has 1 rings (SSSR count). The number of unbranched alkanes of at least 4 members (excludes halogenated alkanes) is 1. The summed E-state index contributed by atoms with van der Waals surface area (Å²) in [6.45, 7) is 5.77. The highest BCUT2D eigenvalue weighted by atomic mass is 16.5. The predicted molar refractivity (Wildman–Crippen MR) is 70.6 cm³/mol. The lowest BCUT2D eigenvalue weighted by molar-refractivity contribution is 0.240. The summed E-state index contributed by atoms with van der Waals surface area (Å²) in [6.07, 6.45) is 3.75. The fourth-order valence-electron chi connectivity index (χ4n) is 1.41. The Bertz CT molecular complexity index is 369. The third-order valence-corrected chi connectivity index (χ3v) is 2.36. The Labute approximate surface area is 108 Å². The number of nitrogens with one attached hydrogen (secondary N) is 2. The van der Waals surface area contributed by atoms with Crippen molar-refractivity contribution in [3.63, 3.8) is 0 Å². The number of ether oxygens (including phenoxy) is 1. The first-order valence-electron chi connectivity index (χ1n) is 6.35. The van der Waals surface area contributed by atoms with Gasteiger partial charge in [0.05, 0.1) is 6.61 Å². The van der Waals surface area contributed by atoms with E-state index >= 15 is 0 Å². The largest absolute Gasteiger partial charge is 0.478 e. The highest BCUT2D eigenvalue weighted by Crippen LogP contribution is 2.08. The maximum atomic E-state index is 11.4. The van der Waals surface area contributed by atoms with Crippen molar-refractivity contribution in [3.05, 3.63) is 23.9 Å². The number of carbonyl (C=O) groups is 1. The molecular formula is C13H21N3O2. The Kier molecular flexibility index (Phi) is 6.61. The van der Waals surface area contributed by atoms with Gasteiger partial charge in [-0.1, -0.05) is 13.3 Å². The second kappa shape index (κ2) is 8.33. The molecule has 0 radical (unpaired) electrons. The predicted octanol–water partition coefficient (Wildman–Crippen LogP) is 2.08. The molecule has 0 aliphatic rings. The minimum absolute atomic E-state index is 0.141. The van der Waals surface area contributed by atoms with Gasteiger partial charge in [-0.3, -0.25) is 0 Å². The van der Waals surface area contributed by atoms with Crippen LogP contribution in [0.5, 0.6) is 5.88 Å². The lowest BCUT2D eigenvalue weighted by atomic mass is 10.2. The summed E-state index contributed by atoms with van der Waals surface area (Å²) in [7, 11) is 0. The summed E-state index contributed by atoms with van der Waals surface area (Å²) in [4.78, 5) is 15.5. The molecule has 0 aliphatic carbocycles. The normalized spacial score (nSPS) is 9.89. The van der Waals surface area contributed by atoms with Gasteiger partial charge in [0.25, 0.3) is 0 Å². The Morgan fingerprint density at radius 3 is 2.94 bits per heavy atom. The minimum atomic E-state index is -0.141. The van der Waals surface area contributed by atoms with E-state index in [1.807, 2.05) is 19.1 Å². The van der Waals surface area contributed by atoms with E-state index in [4.69, 9.17) is 4.74 Å². The summed E-state index contributed by atoms with van der Waals surface area (Å²) < 4.78 is 5.29. The van der Waals surface area contributed by atoms with Crippen LogP contribution in [-0.4, -0.2) is 24.2 Å². The van der Waals surface area contributed by atoms with Crippen LogP contribution in [0.1, 0.15) is 32.3 Å². The molecule has 18 heavy (non-hydrogen) atoms. The molecule has 1 aromatic rings. The summed E-state index contributed by atoms with van der Waals surface area (Å²) in [5, 5.41) is 5.59. The lowest BCUT2D eigenvalue weighted by Gasteiger charge is -2.08. The minimum Gasteiger partial charge on any atom is -0.478 e. The van der Waals surface area contributed by atoms with Crippen LogP contribution in [0.3, 0.4) is 0 Å². The van der Waals surface area contributed by atoms with E-state index in [9.17, 15) is 4.79 Å². The van der Waals surface area contributed by atoms with E-state index in [2.05, 4.69) is 22.5 Å². The van der Waals surface area contributed by atoms with Crippen molar-refractivity contribution < 1.29 is 9.53 Å². The monoisotopic (exact) mass is 251 g/mol. The van der Waals surface area contributed by atoms with E-state index in [1.165, 1.54) is 0 Å². The molecule has 5 heteroatoms. The van der Waals surface area contributed by atoms with Gasteiger partial charge in [-0.15, -0.1) is 0 Å². The van der Waals surface area contributed by atoms with Gasteiger partial charge in [0.1, 0.15) is 0 Å². The van der Waals surface area contributed by atoms with Gasteiger partial charge in [0.2, 0.25) is 5.88 Å². The standard InChI is InChI=1S/C13H21N3O2/c1-3-5-7-15-13(17)16-10-11-6-8-14-12(9-11)18-4-2/h6,8-9H,3-5,7,10H2,1-2H3,(H2,15,16,17). The first-order valence-corrected chi connectivity index (χ1v) is 6.35. The quantitative estimate of drug-likeness (QED) is 0.729. The fraction of sp³-hybridized carbons (Fsp3) is 0.538. The second-order valence-corrected chi connectivity index (χ2v) is 3.90. The van der Waals surface area contributed by atoms with Gasteiger partial charge in [0.15, 0.2) is 0 Å². The number of pyridine rings is 1. The molecule has 0 fully saturated rings. The number of rotatable bonds is 7. The maximum Gasteiger partial charge on any atom is 0.315 e. The van der Waals surface area contributed by atoms with Crippen LogP contribution in [0.15, 0.2) is 18.3 Å². The highest BCUT2D eigenvalue weighted by Gasteiger charge is 2.01. The molecule has 0 unspecified atom stereocenters. The van der Waals surface area contributed by atoms with Gasteiger partial charge in [0, 0.05) is 25.4 Å². The van der Waals surface area contributed by atoms with Gasteiger partial charge >= 0.3 is 6.03 Å².